The van der Waals surface area contributed by atoms with Crippen LogP contribution in [-0.2, 0) is 26.0 Å². The zero-order valence-electron chi connectivity index (χ0n) is 14.9. The molecule has 22 heavy (non-hydrogen) atoms. The van der Waals surface area contributed by atoms with Crippen molar-refractivity contribution in [3.8, 4) is 0 Å². The van der Waals surface area contributed by atoms with Crippen molar-refractivity contribution in [1.82, 2.24) is 0 Å². The van der Waals surface area contributed by atoms with Gasteiger partial charge in [0, 0.05) is 0 Å². The molecule has 0 radical (unpaired) electrons. The normalized spacial score (nSPS) is 25.6. The molecule has 0 unspecified atom stereocenters. The van der Waals surface area contributed by atoms with Gasteiger partial charge >= 0.3 is 40.2 Å². The second-order valence-corrected chi connectivity index (χ2v) is 20.9. The average molecular weight is 381 g/mol. The third kappa shape index (κ3) is 5.23. The van der Waals surface area contributed by atoms with Gasteiger partial charge in [-0.1, -0.05) is 6.58 Å². The Bertz CT molecular complexity index is 441. The fourth-order valence-corrected chi connectivity index (χ4v) is 23.3. The van der Waals surface area contributed by atoms with Gasteiger partial charge in [0.15, 0.2) is 0 Å². The highest BCUT2D eigenvalue weighted by Gasteiger charge is 2.55. The SMILES string of the molecule is C=C(C(=O)OCC)[Si]1(C)O[Si](C)(C)O[Si](C)(C)O[Si](C)(C)O1. The van der Waals surface area contributed by atoms with Crippen molar-refractivity contribution in [1.29, 1.82) is 0 Å². The molecule has 128 valence electrons. The molecular formula is C12H28O6Si4. The Balaban J connectivity index is 3.17. The highest BCUT2D eigenvalue weighted by Crippen LogP contribution is 2.33. The second kappa shape index (κ2) is 6.43. The zero-order valence-corrected chi connectivity index (χ0v) is 18.9. The highest BCUT2D eigenvalue weighted by atomic mass is 28.5. The van der Waals surface area contributed by atoms with Crippen molar-refractivity contribution in [2.75, 3.05) is 6.61 Å². The highest BCUT2D eigenvalue weighted by molar-refractivity contribution is 6.96. The molecule has 0 bridgehead atoms. The maximum absolute atomic E-state index is 12.1. The molecular weight excluding hydrogens is 352 g/mol. The van der Waals surface area contributed by atoms with E-state index in [0.717, 1.165) is 0 Å². The molecule has 6 nitrogen and oxygen atoms in total. The molecule has 0 aliphatic carbocycles. The van der Waals surface area contributed by atoms with Crippen molar-refractivity contribution in [3.05, 3.63) is 11.8 Å². The molecule has 0 spiro atoms. The summed E-state index contributed by atoms with van der Waals surface area (Å²) in [4.78, 5) is 12.1. The van der Waals surface area contributed by atoms with Crippen LogP contribution in [0.5, 0.6) is 0 Å². The van der Waals surface area contributed by atoms with Crippen molar-refractivity contribution in [2.45, 2.75) is 52.8 Å². The summed E-state index contributed by atoms with van der Waals surface area (Å²) in [6.07, 6.45) is 0. The topological polar surface area (TPSA) is 63.2 Å². The minimum atomic E-state index is -3.03. The lowest BCUT2D eigenvalue weighted by atomic mass is 10.6. The van der Waals surface area contributed by atoms with Crippen LogP contribution in [0.3, 0.4) is 0 Å². The van der Waals surface area contributed by atoms with E-state index in [0.29, 0.717) is 0 Å². The summed E-state index contributed by atoms with van der Waals surface area (Å²) in [5.74, 6) is -0.469. The van der Waals surface area contributed by atoms with Crippen LogP contribution in [0.25, 0.3) is 0 Å². The van der Waals surface area contributed by atoms with Gasteiger partial charge in [0.2, 0.25) is 0 Å². The summed E-state index contributed by atoms with van der Waals surface area (Å²) in [5.41, 5.74) is 0. The van der Waals surface area contributed by atoms with E-state index >= 15 is 0 Å². The van der Waals surface area contributed by atoms with Gasteiger partial charge in [-0.2, -0.15) is 0 Å². The Morgan fingerprint density at radius 3 is 1.59 bits per heavy atom. The molecule has 1 aliphatic rings. The van der Waals surface area contributed by atoms with Crippen LogP contribution in [0.1, 0.15) is 6.92 Å². The molecule has 1 heterocycles. The molecule has 1 aliphatic heterocycles. The van der Waals surface area contributed by atoms with Gasteiger partial charge in [-0.3, -0.25) is 0 Å². The molecule has 0 aromatic heterocycles. The monoisotopic (exact) mass is 380 g/mol. The number of hydrogen-bond acceptors (Lipinski definition) is 6. The van der Waals surface area contributed by atoms with Gasteiger partial charge in [-0.05, 0) is 52.8 Å². The van der Waals surface area contributed by atoms with Gasteiger partial charge in [0.25, 0.3) is 0 Å². The Kier molecular flexibility index (Phi) is 5.84. The molecule has 0 aromatic carbocycles. The van der Waals surface area contributed by atoms with Crippen molar-refractivity contribution >= 4 is 40.2 Å². The fourth-order valence-electron chi connectivity index (χ4n) is 2.73. The second-order valence-electron chi connectivity index (χ2n) is 6.75. The average Bonchev–Trinajstić information content (AvgIpc) is 2.21. The molecule has 1 fully saturated rings. The van der Waals surface area contributed by atoms with E-state index in [1.165, 1.54) is 0 Å². The first-order valence-corrected chi connectivity index (χ1v) is 18.2. The summed E-state index contributed by atoms with van der Waals surface area (Å²) in [7, 11) is -10.4. The molecule has 0 atom stereocenters. The van der Waals surface area contributed by atoms with Crippen LogP contribution < -0.4 is 0 Å². The van der Waals surface area contributed by atoms with Crippen LogP contribution in [0, 0.1) is 0 Å². The van der Waals surface area contributed by atoms with Crippen molar-refractivity contribution < 1.29 is 26.0 Å². The van der Waals surface area contributed by atoms with E-state index in [1.807, 2.05) is 45.8 Å². The summed E-state index contributed by atoms with van der Waals surface area (Å²) in [6.45, 7) is 19.5. The minimum absolute atomic E-state index is 0.268. The van der Waals surface area contributed by atoms with Gasteiger partial charge < -0.3 is 21.2 Å². The quantitative estimate of drug-likeness (QED) is 0.426. The molecule has 1 saturated heterocycles. The van der Waals surface area contributed by atoms with Crippen LogP contribution in [0.15, 0.2) is 11.8 Å². The first-order chi connectivity index (χ1) is 9.72. The smallest absolute Gasteiger partial charge is 0.358 e. The number of hydrogen-bond donors (Lipinski definition) is 0. The van der Waals surface area contributed by atoms with Crippen molar-refractivity contribution in [2.24, 2.45) is 0 Å². The maximum atomic E-state index is 12.1. The third-order valence-electron chi connectivity index (χ3n) is 2.93. The molecule has 0 saturated carbocycles. The van der Waals surface area contributed by atoms with E-state index in [2.05, 4.69) is 6.58 Å². The number of rotatable bonds is 3. The maximum Gasteiger partial charge on any atom is 0.358 e. The first kappa shape index (κ1) is 20.0. The number of carbonyl (C=O) groups is 1. The summed E-state index contributed by atoms with van der Waals surface area (Å²) >= 11 is 0. The van der Waals surface area contributed by atoms with Crippen molar-refractivity contribution in [3.63, 3.8) is 0 Å². The summed E-state index contributed by atoms with van der Waals surface area (Å²) < 4.78 is 30.1. The van der Waals surface area contributed by atoms with Gasteiger partial charge in [0.05, 0.1) is 11.8 Å². The standard InChI is InChI=1S/C12H28O6Si4/c1-10-14-12(13)11(2)22(9)17-20(5,6)15-19(3,4)16-21(7,8)18-22/h2,10H2,1,3-9H3. The number of carbonyl (C=O) groups excluding carboxylic acids is 1. The number of esters is 1. The molecule has 0 aromatic rings. The van der Waals surface area contributed by atoms with E-state index in [-0.39, 0.29) is 11.8 Å². The molecule has 0 amide bonds. The van der Waals surface area contributed by atoms with E-state index < -0.39 is 40.2 Å². The molecule has 0 N–H and O–H groups in total. The van der Waals surface area contributed by atoms with Crippen LogP contribution in [0.4, 0.5) is 0 Å². The Morgan fingerprint density at radius 2 is 1.23 bits per heavy atom. The van der Waals surface area contributed by atoms with Gasteiger partial charge in [0.1, 0.15) is 0 Å². The lowest BCUT2D eigenvalue weighted by Crippen LogP contribution is -2.66. The summed E-state index contributed by atoms with van der Waals surface area (Å²) in [6, 6.07) is 0. The first-order valence-electron chi connectivity index (χ1n) is 7.39. The van der Waals surface area contributed by atoms with Crippen LogP contribution in [-0.4, -0.2) is 46.8 Å². The predicted molar refractivity (Wildman–Crippen MR) is 94.2 cm³/mol. The summed E-state index contributed by atoms with van der Waals surface area (Å²) in [5, 5.41) is 0.268. The molecule has 10 heteroatoms. The van der Waals surface area contributed by atoms with Crippen LogP contribution >= 0.6 is 0 Å². The zero-order chi connectivity index (χ0) is 17.4. The lowest BCUT2D eigenvalue weighted by Gasteiger charge is -2.47. The number of ether oxygens (including phenoxy) is 1. The third-order valence-corrected chi connectivity index (χ3v) is 19.1. The Morgan fingerprint density at radius 1 is 0.864 bits per heavy atom. The lowest BCUT2D eigenvalue weighted by molar-refractivity contribution is -0.137. The molecule has 1 rings (SSSR count). The van der Waals surface area contributed by atoms with E-state index in [1.54, 1.807) is 6.92 Å². The Hall–Kier alpha value is -0.0825. The van der Waals surface area contributed by atoms with Gasteiger partial charge in [-0.15, -0.1) is 0 Å². The predicted octanol–water partition coefficient (Wildman–Crippen LogP) is 2.90. The Labute approximate surface area is 137 Å². The van der Waals surface area contributed by atoms with Gasteiger partial charge in [-0.25, -0.2) is 4.79 Å². The van der Waals surface area contributed by atoms with E-state index in [4.69, 9.17) is 21.2 Å². The minimum Gasteiger partial charge on any atom is -0.463 e. The largest absolute Gasteiger partial charge is 0.463 e. The van der Waals surface area contributed by atoms with Crippen LogP contribution in [0.2, 0.25) is 45.8 Å². The van der Waals surface area contributed by atoms with E-state index in [9.17, 15) is 4.79 Å². The fraction of sp³-hybridized carbons (Fsp3) is 0.750.